The predicted octanol–water partition coefficient (Wildman–Crippen LogP) is 4.99. The van der Waals surface area contributed by atoms with Crippen molar-refractivity contribution < 1.29 is 18.9 Å². The Hall–Kier alpha value is -4.02. The molecule has 3 aromatic carbocycles. The summed E-state index contributed by atoms with van der Waals surface area (Å²) in [5.74, 6) is 1.96. The summed E-state index contributed by atoms with van der Waals surface area (Å²) in [6.45, 7) is 0. The van der Waals surface area contributed by atoms with E-state index in [1.807, 2.05) is 24.3 Å². The Morgan fingerprint density at radius 2 is 0.889 bits per heavy atom. The van der Waals surface area contributed by atoms with Gasteiger partial charge in [0.2, 0.25) is 9.48 Å². The van der Waals surface area contributed by atoms with Crippen LogP contribution in [0.3, 0.4) is 0 Å². The summed E-state index contributed by atoms with van der Waals surface area (Å²) >= 11 is 2.11. The number of aromatic nitrogens is 2. The van der Waals surface area contributed by atoms with Crippen molar-refractivity contribution in [3.63, 3.8) is 0 Å². The second-order valence-corrected chi connectivity index (χ2v) is 9.56. The molecule has 0 spiro atoms. The molecule has 0 radical (unpaired) electrons. The predicted molar refractivity (Wildman–Crippen MR) is 142 cm³/mol. The van der Waals surface area contributed by atoms with Gasteiger partial charge >= 0.3 is 0 Å². The Kier molecular flexibility index (Phi) is 6.29. The summed E-state index contributed by atoms with van der Waals surface area (Å²) in [4.78, 5) is 35.0. The maximum absolute atomic E-state index is 12.8. The van der Waals surface area contributed by atoms with Gasteiger partial charge < -0.3 is 18.9 Å². The highest BCUT2D eigenvalue weighted by molar-refractivity contribution is 7.13. The van der Waals surface area contributed by atoms with E-state index in [9.17, 15) is 9.59 Å². The molecule has 182 valence electrons. The third kappa shape index (κ3) is 4.14. The highest BCUT2D eigenvalue weighted by Crippen LogP contribution is 2.34. The van der Waals surface area contributed by atoms with Crippen molar-refractivity contribution in [1.82, 2.24) is 9.97 Å². The van der Waals surface area contributed by atoms with Crippen LogP contribution in [0.1, 0.15) is 0 Å². The first-order valence-corrected chi connectivity index (χ1v) is 12.3. The van der Waals surface area contributed by atoms with E-state index in [0.29, 0.717) is 54.8 Å². The molecule has 0 atom stereocenters. The van der Waals surface area contributed by atoms with Crippen LogP contribution in [0.25, 0.3) is 42.9 Å². The number of hydrogen-bond donors (Lipinski definition) is 0. The average molecular weight is 521 g/mol. The van der Waals surface area contributed by atoms with Crippen molar-refractivity contribution >= 4 is 44.5 Å². The molecule has 0 amide bonds. The van der Waals surface area contributed by atoms with Gasteiger partial charge in [-0.1, -0.05) is 46.9 Å². The first-order valence-electron chi connectivity index (χ1n) is 10.7. The summed E-state index contributed by atoms with van der Waals surface area (Å²) in [5, 5.41) is 2.08. The quantitative estimate of drug-likeness (QED) is 0.309. The standard InChI is InChI=1S/C26H20N2O6S2/c1-31-19-9-15-17(11-21(19)33-3)27-23(35-25(15)29)13-5-7-14(8-6-13)24-28-18-12-22(34-4)20(32-2)10-16(18)26(30)36-24/h5-12H,1-4H3. The molecule has 2 aromatic heterocycles. The normalized spacial score (nSPS) is 11.0. The number of nitrogens with zero attached hydrogens (tertiary/aromatic N) is 2. The van der Waals surface area contributed by atoms with Gasteiger partial charge in [0.15, 0.2) is 23.0 Å². The molecule has 10 heteroatoms. The zero-order valence-electron chi connectivity index (χ0n) is 19.8. The van der Waals surface area contributed by atoms with Crippen LogP contribution in [-0.2, 0) is 0 Å². The summed E-state index contributed by atoms with van der Waals surface area (Å²) in [6, 6.07) is 14.1. The molecule has 0 saturated heterocycles. The monoisotopic (exact) mass is 520 g/mol. The largest absolute Gasteiger partial charge is 0.493 e. The number of ether oxygens (including phenoxy) is 4. The molecular formula is C26H20N2O6S2. The number of fused-ring (bicyclic) bond motifs is 2. The van der Waals surface area contributed by atoms with Gasteiger partial charge in [0.25, 0.3) is 0 Å². The Morgan fingerprint density at radius 1 is 0.556 bits per heavy atom. The Bertz CT molecular complexity index is 1600. The Labute approximate surface area is 213 Å². The van der Waals surface area contributed by atoms with Crippen LogP contribution in [0.2, 0.25) is 0 Å². The van der Waals surface area contributed by atoms with Gasteiger partial charge in [0.05, 0.1) is 50.2 Å². The van der Waals surface area contributed by atoms with Gasteiger partial charge in [-0.25, -0.2) is 9.97 Å². The van der Waals surface area contributed by atoms with E-state index in [0.717, 1.165) is 33.8 Å². The fraction of sp³-hybridized carbons (Fsp3) is 0.154. The van der Waals surface area contributed by atoms with E-state index >= 15 is 0 Å². The molecule has 0 aliphatic rings. The molecule has 36 heavy (non-hydrogen) atoms. The van der Waals surface area contributed by atoms with E-state index in [4.69, 9.17) is 18.9 Å². The SMILES string of the molecule is COc1cc2nc(-c3ccc(-c4nc5cc(OC)c(OC)cc5c(=O)s4)cc3)sc(=O)c2cc1OC. The highest BCUT2D eigenvalue weighted by Gasteiger charge is 2.15. The first-order chi connectivity index (χ1) is 17.4. The maximum atomic E-state index is 12.8. The van der Waals surface area contributed by atoms with E-state index in [1.54, 1.807) is 24.3 Å². The van der Waals surface area contributed by atoms with E-state index < -0.39 is 0 Å². The second-order valence-electron chi connectivity index (χ2n) is 7.64. The lowest BCUT2D eigenvalue weighted by Crippen LogP contribution is -2.01. The zero-order chi connectivity index (χ0) is 25.4. The van der Waals surface area contributed by atoms with Gasteiger partial charge in [-0.3, -0.25) is 9.59 Å². The molecule has 2 heterocycles. The lowest BCUT2D eigenvalue weighted by atomic mass is 10.1. The minimum atomic E-state index is -0.126. The fourth-order valence-corrected chi connectivity index (χ4v) is 5.49. The van der Waals surface area contributed by atoms with Crippen molar-refractivity contribution in [2.75, 3.05) is 28.4 Å². The molecule has 5 rings (SSSR count). The Balaban J connectivity index is 1.55. The van der Waals surface area contributed by atoms with Gasteiger partial charge in [-0.2, -0.15) is 0 Å². The van der Waals surface area contributed by atoms with Gasteiger partial charge in [-0.15, -0.1) is 0 Å². The summed E-state index contributed by atoms with van der Waals surface area (Å²) < 4.78 is 21.1. The van der Waals surface area contributed by atoms with Crippen LogP contribution >= 0.6 is 22.7 Å². The number of benzene rings is 3. The van der Waals surface area contributed by atoms with Crippen molar-refractivity contribution in [2.24, 2.45) is 0 Å². The van der Waals surface area contributed by atoms with E-state index in [2.05, 4.69) is 9.97 Å². The summed E-state index contributed by atoms with van der Waals surface area (Å²) in [6.07, 6.45) is 0. The van der Waals surface area contributed by atoms with Crippen LogP contribution in [0.5, 0.6) is 23.0 Å². The van der Waals surface area contributed by atoms with Crippen molar-refractivity contribution in [2.45, 2.75) is 0 Å². The number of rotatable bonds is 6. The maximum Gasteiger partial charge on any atom is 0.243 e. The van der Waals surface area contributed by atoms with Crippen LogP contribution in [0.4, 0.5) is 0 Å². The van der Waals surface area contributed by atoms with Crippen LogP contribution in [0, 0.1) is 0 Å². The molecule has 0 aliphatic heterocycles. The van der Waals surface area contributed by atoms with Gasteiger partial charge in [0.1, 0.15) is 10.0 Å². The number of hydrogen-bond acceptors (Lipinski definition) is 10. The fourth-order valence-electron chi connectivity index (χ4n) is 3.80. The van der Waals surface area contributed by atoms with Crippen LogP contribution in [-0.4, -0.2) is 38.4 Å². The lowest BCUT2D eigenvalue weighted by molar-refractivity contribution is 0.356. The average Bonchev–Trinajstić information content (AvgIpc) is 2.91. The highest BCUT2D eigenvalue weighted by atomic mass is 32.1. The molecule has 0 bridgehead atoms. The molecule has 0 saturated carbocycles. The first kappa shape index (κ1) is 23.7. The molecule has 0 fully saturated rings. The van der Waals surface area contributed by atoms with Gasteiger partial charge in [0, 0.05) is 23.3 Å². The number of methoxy groups -OCH3 is 4. The van der Waals surface area contributed by atoms with Crippen LogP contribution < -0.4 is 28.4 Å². The van der Waals surface area contributed by atoms with E-state index in [1.165, 1.54) is 28.4 Å². The van der Waals surface area contributed by atoms with Crippen molar-refractivity contribution in [1.29, 1.82) is 0 Å². The lowest BCUT2D eigenvalue weighted by Gasteiger charge is -2.10. The molecule has 5 aromatic rings. The van der Waals surface area contributed by atoms with E-state index in [-0.39, 0.29) is 9.48 Å². The molecule has 0 N–H and O–H groups in total. The van der Waals surface area contributed by atoms with Gasteiger partial charge in [-0.05, 0) is 12.1 Å². The zero-order valence-corrected chi connectivity index (χ0v) is 21.4. The van der Waals surface area contributed by atoms with Crippen molar-refractivity contribution in [3.8, 4) is 44.1 Å². The third-order valence-electron chi connectivity index (χ3n) is 5.65. The van der Waals surface area contributed by atoms with Crippen LogP contribution in [0.15, 0.2) is 58.1 Å². The summed E-state index contributed by atoms with van der Waals surface area (Å²) in [7, 11) is 6.12. The summed E-state index contributed by atoms with van der Waals surface area (Å²) in [5.41, 5.74) is 2.60. The second kappa shape index (κ2) is 9.56. The van der Waals surface area contributed by atoms with Crippen molar-refractivity contribution in [3.05, 3.63) is 67.6 Å². The third-order valence-corrected chi connectivity index (χ3v) is 7.50. The topological polar surface area (TPSA) is 96.8 Å². The molecule has 0 unspecified atom stereocenters. The minimum Gasteiger partial charge on any atom is -0.493 e. The molecule has 8 nitrogen and oxygen atoms in total. The molecular weight excluding hydrogens is 500 g/mol. The smallest absolute Gasteiger partial charge is 0.243 e. The molecule has 0 aliphatic carbocycles. The minimum absolute atomic E-state index is 0.126. The Morgan fingerprint density at radius 3 is 1.22 bits per heavy atom.